The normalized spacial score (nSPS) is 12.9. The van der Waals surface area contributed by atoms with Crippen LogP contribution in [0.5, 0.6) is 0 Å². The molecule has 0 spiro atoms. The van der Waals surface area contributed by atoms with E-state index in [-0.39, 0.29) is 0 Å². The summed E-state index contributed by atoms with van der Waals surface area (Å²) in [5.74, 6) is 0. The van der Waals surface area contributed by atoms with Crippen LogP contribution in [-0.4, -0.2) is 25.5 Å². The molecule has 1 rings (SSSR count). The fourth-order valence-electron chi connectivity index (χ4n) is 0.846. The van der Waals surface area contributed by atoms with Crippen molar-refractivity contribution in [2.75, 3.05) is 20.5 Å². The topological polar surface area (TPSA) is 31.4 Å². The molecule has 1 aromatic rings. The van der Waals surface area contributed by atoms with Crippen molar-refractivity contribution in [1.82, 2.24) is 4.98 Å². The lowest BCUT2D eigenvalue weighted by molar-refractivity contribution is 0.351. The zero-order chi connectivity index (χ0) is 9.03. The SMILES string of the molecule is COS(C)(OC)c1ccncc1. The summed E-state index contributed by atoms with van der Waals surface area (Å²) < 4.78 is 10.6. The maximum absolute atomic E-state index is 5.31. The summed E-state index contributed by atoms with van der Waals surface area (Å²) in [5, 5.41) is 0. The molecule has 12 heavy (non-hydrogen) atoms. The number of hydrogen-bond acceptors (Lipinski definition) is 3. The summed E-state index contributed by atoms with van der Waals surface area (Å²) in [7, 11) is 1.77. The molecule has 0 aliphatic carbocycles. The zero-order valence-corrected chi connectivity index (χ0v) is 8.30. The van der Waals surface area contributed by atoms with Crippen molar-refractivity contribution in [3.63, 3.8) is 0 Å². The van der Waals surface area contributed by atoms with E-state index in [2.05, 4.69) is 4.98 Å². The molecule has 0 saturated heterocycles. The van der Waals surface area contributed by atoms with Gasteiger partial charge in [-0.3, -0.25) is 13.4 Å². The Bertz CT molecular complexity index is 236. The van der Waals surface area contributed by atoms with Crippen molar-refractivity contribution in [1.29, 1.82) is 0 Å². The number of rotatable bonds is 3. The van der Waals surface area contributed by atoms with Crippen LogP contribution in [0, 0.1) is 0 Å². The molecule has 0 aliphatic heterocycles. The van der Waals surface area contributed by atoms with Crippen molar-refractivity contribution < 1.29 is 8.37 Å². The molecule has 68 valence electrons. The van der Waals surface area contributed by atoms with Crippen molar-refractivity contribution in [2.24, 2.45) is 0 Å². The Morgan fingerprint density at radius 1 is 1.17 bits per heavy atom. The van der Waals surface area contributed by atoms with E-state index in [9.17, 15) is 0 Å². The Hall–Kier alpha value is -0.580. The highest BCUT2D eigenvalue weighted by atomic mass is 32.3. The molecule has 0 N–H and O–H groups in total. The molecule has 0 aliphatic rings. The van der Waals surface area contributed by atoms with Crippen LogP contribution in [0.1, 0.15) is 0 Å². The van der Waals surface area contributed by atoms with Gasteiger partial charge in [-0.1, -0.05) is 0 Å². The van der Waals surface area contributed by atoms with Crippen molar-refractivity contribution in [3.05, 3.63) is 24.5 Å². The van der Waals surface area contributed by atoms with E-state index in [0.717, 1.165) is 4.90 Å². The summed E-state index contributed by atoms with van der Waals surface area (Å²) in [6, 6.07) is 3.81. The number of pyridine rings is 1. The van der Waals surface area contributed by atoms with Crippen LogP contribution in [0.3, 0.4) is 0 Å². The quantitative estimate of drug-likeness (QED) is 0.725. The first-order valence-electron chi connectivity index (χ1n) is 3.52. The van der Waals surface area contributed by atoms with Gasteiger partial charge >= 0.3 is 0 Å². The van der Waals surface area contributed by atoms with E-state index in [4.69, 9.17) is 8.37 Å². The molecule has 1 aromatic heterocycles. The van der Waals surface area contributed by atoms with Crippen LogP contribution in [0.25, 0.3) is 0 Å². The minimum absolute atomic E-state index is 1.04. The molecule has 0 aromatic carbocycles. The average molecular weight is 187 g/mol. The van der Waals surface area contributed by atoms with E-state index >= 15 is 0 Å². The molecule has 0 bridgehead atoms. The highest BCUT2D eigenvalue weighted by molar-refractivity contribution is 8.25. The van der Waals surface area contributed by atoms with E-state index in [1.165, 1.54) is 0 Å². The Morgan fingerprint density at radius 2 is 1.67 bits per heavy atom. The Labute approximate surface area is 74.5 Å². The summed E-state index contributed by atoms with van der Waals surface area (Å²) >= 11 is 0. The third-order valence-electron chi connectivity index (χ3n) is 1.71. The predicted molar refractivity (Wildman–Crippen MR) is 50.0 cm³/mol. The molecule has 0 unspecified atom stereocenters. The molecule has 3 nitrogen and oxygen atoms in total. The van der Waals surface area contributed by atoms with Gasteiger partial charge in [0.05, 0.1) is 19.1 Å². The van der Waals surface area contributed by atoms with Crippen LogP contribution in [-0.2, 0) is 8.37 Å². The molecular formula is C8H13NO2S. The zero-order valence-electron chi connectivity index (χ0n) is 7.48. The molecule has 0 saturated carbocycles. The first-order valence-corrected chi connectivity index (χ1v) is 5.41. The minimum atomic E-state index is -1.53. The van der Waals surface area contributed by atoms with Crippen LogP contribution in [0.2, 0.25) is 0 Å². The monoisotopic (exact) mass is 187 g/mol. The molecule has 4 heteroatoms. The van der Waals surface area contributed by atoms with Gasteiger partial charge in [-0.25, -0.2) is 0 Å². The van der Waals surface area contributed by atoms with Crippen LogP contribution in [0.15, 0.2) is 29.4 Å². The van der Waals surface area contributed by atoms with Crippen molar-refractivity contribution >= 4 is 10.6 Å². The smallest absolute Gasteiger partial charge is 0.0615 e. The van der Waals surface area contributed by atoms with E-state index in [1.54, 1.807) is 26.6 Å². The van der Waals surface area contributed by atoms with Crippen molar-refractivity contribution in [2.45, 2.75) is 4.90 Å². The Morgan fingerprint density at radius 3 is 2.08 bits per heavy atom. The number of hydrogen-bond donors (Lipinski definition) is 0. The summed E-state index contributed by atoms with van der Waals surface area (Å²) in [6.45, 7) is 0. The van der Waals surface area contributed by atoms with E-state index in [1.807, 2.05) is 18.4 Å². The molecular weight excluding hydrogens is 174 g/mol. The van der Waals surface area contributed by atoms with Gasteiger partial charge in [-0.05, 0) is 12.1 Å². The highest BCUT2D eigenvalue weighted by Gasteiger charge is 2.13. The van der Waals surface area contributed by atoms with Crippen LogP contribution in [0.4, 0.5) is 0 Å². The molecule has 0 amide bonds. The lowest BCUT2D eigenvalue weighted by Crippen LogP contribution is -2.02. The first-order chi connectivity index (χ1) is 5.73. The highest BCUT2D eigenvalue weighted by Crippen LogP contribution is 2.52. The van der Waals surface area contributed by atoms with Gasteiger partial charge in [0.15, 0.2) is 0 Å². The fourth-order valence-corrected chi connectivity index (χ4v) is 1.98. The fraction of sp³-hybridized carbons (Fsp3) is 0.375. The van der Waals surface area contributed by atoms with Gasteiger partial charge in [0.25, 0.3) is 0 Å². The third-order valence-corrected chi connectivity index (χ3v) is 4.11. The van der Waals surface area contributed by atoms with Gasteiger partial charge in [0, 0.05) is 18.6 Å². The second-order valence-corrected chi connectivity index (χ2v) is 4.97. The molecule has 1 heterocycles. The maximum Gasteiger partial charge on any atom is 0.0615 e. The van der Waals surface area contributed by atoms with Gasteiger partial charge < -0.3 is 0 Å². The second-order valence-electron chi connectivity index (χ2n) is 2.29. The first kappa shape index (κ1) is 9.51. The maximum atomic E-state index is 5.31. The van der Waals surface area contributed by atoms with Gasteiger partial charge in [0.1, 0.15) is 0 Å². The second kappa shape index (κ2) is 3.89. The van der Waals surface area contributed by atoms with Crippen LogP contribution < -0.4 is 0 Å². The Kier molecular flexibility index (Phi) is 3.08. The number of nitrogens with zero attached hydrogens (tertiary/aromatic N) is 1. The minimum Gasteiger partial charge on any atom is -0.283 e. The third kappa shape index (κ3) is 1.77. The van der Waals surface area contributed by atoms with Crippen molar-refractivity contribution in [3.8, 4) is 0 Å². The summed E-state index contributed by atoms with van der Waals surface area (Å²) in [5.41, 5.74) is 0. The number of aromatic nitrogens is 1. The summed E-state index contributed by atoms with van der Waals surface area (Å²) in [4.78, 5) is 4.97. The van der Waals surface area contributed by atoms with E-state index < -0.39 is 10.6 Å². The predicted octanol–water partition coefficient (Wildman–Crippen LogP) is 2.00. The average Bonchev–Trinajstić information content (AvgIpc) is 2.18. The van der Waals surface area contributed by atoms with Gasteiger partial charge in [-0.15, -0.1) is 0 Å². The molecule has 0 fully saturated rings. The molecule has 0 radical (unpaired) electrons. The van der Waals surface area contributed by atoms with Crippen LogP contribution >= 0.6 is 10.6 Å². The Balaban J connectivity index is 2.95. The standard InChI is InChI=1S/C8H13NO2S/c1-10-12(3,11-2)8-4-6-9-7-5-8/h4-7H,1-3H3. The van der Waals surface area contributed by atoms with Gasteiger partial charge in [-0.2, -0.15) is 10.6 Å². The lowest BCUT2D eigenvalue weighted by Gasteiger charge is -2.36. The van der Waals surface area contributed by atoms with Gasteiger partial charge in [0.2, 0.25) is 0 Å². The molecule has 0 atom stereocenters. The lowest BCUT2D eigenvalue weighted by atomic mass is 10.5. The largest absolute Gasteiger partial charge is 0.283 e. The van der Waals surface area contributed by atoms with E-state index in [0.29, 0.717) is 0 Å². The summed E-state index contributed by atoms with van der Waals surface area (Å²) in [6.07, 6.45) is 5.42.